The summed E-state index contributed by atoms with van der Waals surface area (Å²) in [7, 11) is 0. The molecule has 172 valence electrons. The number of nitrogens with one attached hydrogen (secondary N) is 2. The Bertz CT molecular complexity index is 1260. The zero-order chi connectivity index (χ0) is 23.8. The molecule has 1 heterocycles. The first-order valence-corrected chi connectivity index (χ1v) is 11.5. The van der Waals surface area contributed by atoms with Crippen LogP contribution in [-0.4, -0.2) is 49.4 Å². The van der Waals surface area contributed by atoms with Gasteiger partial charge in [-0.3, -0.25) is 9.59 Å². The van der Waals surface area contributed by atoms with E-state index in [0.29, 0.717) is 35.1 Å². The van der Waals surface area contributed by atoms with Gasteiger partial charge in [-0.25, -0.2) is 0 Å². The monoisotopic (exact) mass is 474 g/mol. The zero-order valence-corrected chi connectivity index (χ0v) is 18.9. The van der Waals surface area contributed by atoms with Crippen LogP contribution < -0.4 is 10.6 Å². The van der Waals surface area contributed by atoms with Crippen LogP contribution in [0.15, 0.2) is 84.0 Å². The largest absolute Gasteiger partial charge is 0.508 e. The molecule has 0 fully saturated rings. The summed E-state index contributed by atoms with van der Waals surface area (Å²) in [6.45, 7) is 0.487. The molecular formula is C24H22N6O3S. The lowest BCUT2D eigenvalue weighted by Gasteiger charge is -2.11. The highest BCUT2D eigenvalue weighted by Crippen LogP contribution is 2.21. The molecule has 0 radical (unpaired) electrons. The van der Waals surface area contributed by atoms with Crippen molar-refractivity contribution >= 4 is 29.3 Å². The third-order valence-corrected chi connectivity index (χ3v) is 5.77. The molecule has 4 aromatic rings. The number of anilines is 1. The lowest BCUT2D eigenvalue weighted by Crippen LogP contribution is -2.27. The maximum absolute atomic E-state index is 12.7. The van der Waals surface area contributed by atoms with E-state index in [0.717, 1.165) is 17.3 Å². The minimum atomic E-state index is -0.296. The maximum atomic E-state index is 12.7. The number of rotatable bonds is 9. The third-order valence-electron chi connectivity index (χ3n) is 4.86. The van der Waals surface area contributed by atoms with Gasteiger partial charge in [0, 0.05) is 6.54 Å². The fourth-order valence-electron chi connectivity index (χ4n) is 3.19. The molecule has 0 aliphatic rings. The van der Waals surface area contributed by atoms with Crippen LogP contribution >= 0.6 is 11.8 Å². The number of phenols is 1. The van der Waals surface area contributed by atoms with Crippen molar-refractivity contribution in [2.75, 3.05) is 17.6 Å². The molecular weight excluding hydrogens is 452 g/mol. The number of carbonyl (C=O) groups excluding carboxylic acids is 2. The SMILES string of the molecule is O=C(CSc1nnnn1-c1ccc(O)cc1)Nc1ccccc1C(=O)NCCc1ccccc1. The second-order valence-electron chi connectivity index (χ2n) is 7.26. The van der Waals surface area contributed by atoms with Crippen LogP contribution in [0.3, 0.4) is 0 Å². The van der Waals surface area contributed by atoms with E-state index in [1.807, 2.05) is 30.3 Å². The molecule has 0 bridgehead atoms. The van der Waals surface area contributed by atoms with Crippen LogP contribution in [0.25, 0.3) is 5.69 Å². The molecule has 0 saturated heterocycles. The van der Waals surface area contributed by atoms with E-state index in [1.54, 1.807) is 36.4 Å². The van der Waals surface area contributed by atoms with Crippen molar-refractivity contribution in [2.45, 2.75) is 11.6 Å². The number of para-hydroxylation sites is 1. The highest BCUT2D eigenvalue weighted by atomic mass is 32.2. The zero-order valence-electron chi connectivity index (χ0n) is 18.1. The molecule has 0 aliphatic carbocycles. The number of carbonyl (C=O) groups is 2. The quantitative estimate of drug-likeness (QED) is 0.319. The van der Waals surface area contributed by atoms with E-state index in [4.69, 9.17) is 0 Å². The van der Waals surface area contributed by atoms with Crippen molar-refractivity contribution in [3.8, 4) is 11.4 Å². The molecule has 0 aliphatic heterocycles. The van der Waals surface area contributed by atoms with Crippen LogP contribution in [-0.2, 0) is 11.2 Å². The third kappa shape index (κ3) is 5.99. The number of aromatic hydroxyl groups is 1. The Morgan fingerprint density at radius 1 is 0.941 bits per heavy atom. The molecule has 9 nitrogen and oxygen atoms in total. The Hall–Kier alpha value is -4.18. The smallest absolute Gasteiger partial charge is 0.253 e. The number of benzene rings is 3. The number of hydrogen-bond acceptors (Lipinski definition) is 7. The molecule has 0 saturated carbocycles. The average Bonchev–Trinajstić information content (AvgIpc) is 3.33. The van der Waals surface area contributed by atoms with Crippen LogP contribution in [0.5, 0.6) is 5.75 Å². The second kappa shape index (κ2) is 11.1. The number of aromatic nitrogens is 4. The van der Waals surface area contributed by atoms with Crippen molar-refractivity contribution in [2.24, 2.45) is 0 Å². The Labute approximate surface area is 200 Å². The van der Waals surface area contributed by atoms with Crippen molar-refractivity contribution in [3.63, 3.8) is 0 Å². The van der Waals surface area contributed by atoms with Crippen molar-refractivity contribution in [1.82, 2.24) is 25.5 Å². The summed E-state index contributed by atoms with van der Waals surface area (Å²) in [4.78, 5) is 25.3. The van der Waals surface area contributed by atoms with Gasteiger partial charge in [-0.05, 0) is 58.8 Å². The van der Waals surface area contributed by atoms with E-state index in [-0.39, 0.29) is 23.3 Å². The van der Waals surface area contributed by atoms with Crippen molar-refractivity contribution < 1.29 is 14.7 Å². The standard InChI is InChI=1S/C24H22N6O3S/c31-19-12-10-18(11-13-19)30-24(27-28-29-30)34-16-22(32)26-21-9-5-4-8-20(21)23(33)25-15-14-17-6-2-1-3-7-17/h1-13,31H,14-16H2,(H,25,33)(H,26,32). The van der Waals surface area contributed by atoms with Gasteiger partial charge in [-0.2, -0.15) is 4.68 Å². The molecule has 3 aromatic carbocycles. The summed E-state index contributed by atoms with van der Waals surface area (Å²) in [6, 6.07) is 23.2. The van der Waals surface area contributed by atoms with E-state index in [9.17, 15) is 14.7 Å². The van der Waals surface area contributed by atoms with Gasteiger partial charge in [0.1, 0.15) is 5.75 Å². The molecule has 0 atom stereocenters. The number of nitrogens with zero attached hydrogens (tertiary/aromatic N) is 4. The Kier molecular flexibility index (Phi) is 7.51. The lowest BCUT2D eigenvalue weighted by molar-refractivity contribution is -0.113. The van der Waals surface area contributed by atoms with Gasteiger partial charge in [-0.1, -0.05) is 54.2 Å². The van der Waals surface area contributed by atoms with E-state index in [2.05, 4.69) is 26.2 Å². The van der Waals surface area contributed by atoms with Gasteiger partial charge in [0.25, 0.3) is 5.91 Å². The van der Waals surface area contributed by atoms with Gasteiger partial charge >= 0.3 is 0 Å². The number of tetrazole rings is 1. The molecule has 34 heavy (non-hydrogen) atoms. The van der Waals surface area contributed by atoms with Crippen LogP contribution in [0, 0.1) is 0 Å². The van der Waals surface area contributed by atoms with Gasteiger partial charge < -0.3 is 15.7 Å². The number of amides is 2. The van der Waals surface area contributed by atoms with Crippen LogP contribution in [0.1, 0.15) is 15.9 Å². The minimum absolute atomic E-state index is 0.0441. The molecule has 3 N–H and O–H groups in total. The normalized spacial score (nSPS) is 10.6. The Morgan fingerprint density at radius 3 is 2.47 bits per heavy atom. The van der Waals surface area contributed by atoms with Gasteiger partial charge in [-0.15, -0.1) is 5.10 Å². The lowest BCUT2D eigenvalue weighted by atomic mass is 10.1. The summed E-state index contributed by atoms with van der Waals surface area (Å²) in [5.41, 5.74) is 2.62. The summed E-state index contributed by atoms with van der Waals surface area (Å²) in [5, 5.41) is 27.1. The number of phenolic OH excluding ortho intramolecular Hbond substituents is 1. The minimum Gasteiger partial charge on any atom is -0.508 e. The molecule has 2 amide bonds. The summed E-state index contributed by atoms with van der Waals surface area (Å²) in [5.74, 6) is -0.374. The first kappa shape index (κ1) is 23.0. The molecule has 10 heteroatoms. The van der Waals surface area contributed by atoms with E-state index in [1.165, 1.54) is 16.8 Å². The highest BCUT2D eigenvalue weighted by Gasteiger charge is 2.15. The second-order valence-corrected chi connectivity index (χ2v) is 8.21. The fourth-order valence-corrected chi connectivity index (χ4v) is 3.88. The number of thioether (sulfide) groups is 1. The predicted octanol–water partition coefficient (Wildman–Crippen LogP) is 3.07. The average molecular weight is 475 g/mol. The van der Waals surface area contributed by atoms with E-state index < -0.39 is 0 Å². The fraction of sp³-hybridized carbons (Fsp3) is 0.125. The molecule has 0 spiro atoms. The maximum Gasteiger partial charge on any atom is 0.253 e. The number of hydrogen-bond donors (Lipinski definition) is 3. The molecule has 4 rings (SSSR count). The summed E-state index contributed by atoms with van der Waals surface area (Å²) in [6.07, 6.45) is 0.716. The van der Waals surface area contributed by atoms with Crippen molar-refractivity contribution in [1.29, 1.82) is 0 Å². The predicted molar refractivity (Wildman–Crippen MR) is 129 cm³/mol. The summed E-state index contributed by atoms with van der Waals surface area (Å²) >= 11 is 1.16. The molecule has 1 aromatic heterocycles. The van der Waals surface area contributed by atoms with Crippen molar-refractivity contribution in [3.05, 3.63) is 90.0 Å². The Morgan fingerprint density at radius 2 is 1.68 bits per heavy atom. The van der Waals surface area contributed by atoms with Gasteiger partial charge in [0.15, 0.2) is 0 Å². The highest BCUT2D eigenvalue weighted by molar-refractivity contribution is 7.99. The first-order valence-electron chi connectivity index (χ1n) is 10.5. The summed E-state index contributed by atoms with van der Waals surface area (Å²) < 4.78 is 1.48. The van der Waals surface area contributed by atoms with Gasteiger partial charge in [0.05, 0.1) is 22.7 Å². The Balaban J connectivity index is 1.34. The first-order chi connectivity index (χ1) is 16.6. The van der Waals surface area contributed by atoms with Crippen LogP contribution in [0.2, 0.25) is 0 Å². The van der Waals surface area contributed by atoms with E-state index >= 15 is 0 Å². The van der Waals surface area contributed by atoms with Crippen LogP contribution in [0.4, 0.5) is 5.69 Å². The topological polar surface area (TPSA) is 122 Å². The molecule has 0 unspecified atom stereocenters. The van der Waals surface area contributed by atoms with Gasteiger partial charge in [0.2, 0.25) is 11.1 Å².